The van der Waals surface area contributed by atoms with Gasteiger partial charge in [-0.1, -0.05) is 6.92 Å². The fourth-order valence-electron chi connectivity index (χ4n) is 1.98. The van der Waals surface area contributed by atoms with Gasteiger partial charge >= 0.3 is 0 Å². The highest BCUT2D eigenvalue weighted by Crippen LogP contribution is 2.38. The van der Waals surface area contributed by atoms with Crippen molar-refractivity contribution in [2.24, 2.45) is 11.8 Å². The Labute approximate surface area is 97.1 Å². The van der Waals surface area contributed by atoms with Crippen LogP contribution in [0, 0.1) is 11.8 Å². The Morgan fingerprint density at radius 2 is 2.25 bits per heavy atom. The van der Waals surface area contributed by atoms with E-state index in [4.69, 9.17) is 0 Å². The van der Waals surface area contributed by atoms with E-state index in [1.54, 1.807) is 6.92 Å². The maximum Gasteiger partial charge on any atom is 0.0931 e. The molecule has 88 valence electrons. The SMILES string of the molecule is CC1CC1CN(C)c1ccc([C@@H](C)O)nc1. The van der Waals surface area contributed by atoms with Crippen molar-refractivity contribution in [3.63, 3.8) is 0 Å². The first kappa shape index (κ1) is 11.4. The van der Waals surface area contributed by atoms with Gasteiger partial charge in [-0.3, -0.25) is 4.98 Å². The fourth-order valence-corrected chi connectivity index (χ4v) is 1.98. The fraction of sp³-hybridized carbons (Fsp3) is 0.615. The molecule has 1 aliphatic rings. The van der Waals surface area contributed by atoms with Crippen LogP contribution < -0.4 is 4.90 Å². The number of anilines is 1. The first-order valence-corrected chi connectivity index (χ1v) is 5.93. The van der Waals surface area contributed by atoms with Crippen molar-refractivity contribution in [1.29, 1.82) is 0 Å². The molecule has 0 aromatic carbocycles. The quantitative estimate of drug-likeness (QED) is 0.845. The van der Waals surface area contributed by atoms with E-state index in [1.165, 1.54) is 6.42 Å². The molecule has 0 aliphatic heterocycles. The zero-order chi connectivity index (χ0) is 11.7. The van der Waals surface area contributed by atoms with Crippen LogP contribution in [0.5, 0.6) is 0 Å². The third kappa shape index (κ3) is 2.53. The molecule has 0 bridgehead atoms. The van der Waals surface area contributed by atoms with Gasteiger partial charge in [0.25, 0.3) is 0 Å². The van der Waals surface area contributed by atoms with E-state index in [0.29, 0.717) is 0 Å². The van der Waals surface area contributed by atoms with E-state index in [-0.39, 0.29) is 0 Å². The van der Waals surface area contributed by atoms with Gasteiger partial charge in [0.05, 0.1) is 23.7 Å². The van der Waals surface area contributed by atoms with E-state index >= 15 is 0 Å². The minimum atomic E-state index is -0.484. The summed E-state index contributed by atoms with van der Waals surface area (Å²) in [5.74, 6) is 1.73. The summed E-state index contributed by atoms with van der Waals surface area (Å²) >= 11 is 0. The average molecular weight is 220 g/mol. The van der Waals surface area contributed by atoms with Crippen molar-refractivity contribution >= 4 is 5.69 Å². The van der Waals surface area contributed by atoms with Crippen LogP contribution in [0.4, 0.5) is 5.69 Å². The molecule has 1 saturated carbocycles. The highest BCUT2D eigenvalue weighted by molar-refractivity contribution is 5.44. The van der Waals surface area contributed by atoms with Gasteiger partial charge in [0.1, 0.15) is 0 Å². The Morgan fingerprint density at radius 1 is 1.56 bits per heavy atom. The van der Waals surface area contributed by atoms with E-state index in [2.05, 4.69) is 23.9 Å². The number of aliphatic hydroxyl groups is 1. The second kappa shape index (κ2) is 4.42. The molecule has 3 heteroatoms. The highest BCUT2D eigenvalue weighted by Gasteiger charge is 2.33. The summed E-state index contributed by atoms with van der Waals surface area (Å²) in [4.78, 5) is 6.50. The molecule has 2 unspecified atom stereocenters. The van der Waals surface area contributed by atoms with Crippen molar-refractivity contribution in [2.45, 2.75) is 26.4 Å². The number of hydrogen-bond donors (Lipinski definition) is 1. The summed E-state index contributed by atoms with van der Waals surface area (Å²) in [5, 5.41) is 9.37. The van der Waals surface area contributed by atoms with Gasteiger partial charge in [-0.05, 0) is 37.3 Å². The smallest absolute Gasteiger partial charge is 0.0931 e. The maximum absolute atomic E-state index is 9.37. The molecule has 1 aromatic heterocycles. The predicted molar refractivity (Wildman–Crippen MR) is 65.4 cm³/mol. The third-order valence-corrected chi connectivity index (χ3v) is 3.42. The van der Waals surface area contributed by atoms with Crippen LogP contribution in [0.3, 0.4) is 0 Å². The standard InChI is InChI=1S/C13H20N2O/c1-9-6-11(9)8-15(3)12-4-5-13(10(2)16)14-7-12/h4-5,7,9-11,16H,6,8H2,1-3H3/t9?,10-,11?/m1/s1. The van der Waals surface area contributed by atoms with Crippen molar-refractivity contribution in [3.05, 3.63) is 24.0 Å². The normalized spacial score (nSPS) is 25.2. The topological polar surface area (TPSA) is 36.4 Å². The molecule has 1 aromatic rings. The lowest BCUT2D eigenvalue weighted by molar-refractivity contribution is 0.194. The van der Waals surface area contributed by atoms with Crippen LogP contribution in [-0.4, -0.2) is 23.7 Å². The molecular weight excluding hydrogens is 200 g/mol. The molecule has 3 atom stereocenters. The zero-order valence-electron chi connectivity index (χ0n) is 10.2. The van der Waals surface area contributed by atoms with Crippen LogP contribution >= 0.6 is 0 Å². The van der Waals surface area contributed by atoms with E-state index in [9.17, 15) is 5.11 Å². The summed E-state index contributed by atoms with van der Waals surface area (Å²) in [7, 11) is 2.10. The molecule has 16 heavy (non-hydrogen) atoms. The van der Waals surface area contributed by atoms with Crippen molar-refractivity contribution < 1.29 is 5.11 Å². The van der Waals surface area contributed by atoms with Crippen LogP contribution in [0.25, 0.3) is 0 Å². The Kier molecular flexibility index (Phi) is 3.15. The van der Waals surface area contributed by atoms with E-state index in [1.807, 2.05) is 18.3 Å². The van der Waals surface area contributed by atoms with E-state index < -0.39 is 6.10 Å². The van der Waals surface area contributed by atoms with Crippen LogP contribution in [-0.2, 0) is 0 Å². The number of aliphatic hydroxyl groups excluding tert-OH is 1. The molecule has 1 heterocycles. The Bertz CT molecular complexity index is 347. The Hall–Kier alpha value is -1.09. The zero-order valence-corrected chi connectivity index (χ0v) is 10.2. The Balaban J connectivity index is 1.97. The van der Waals surface area contributed by atoms with Gasteiger partial charge < -0.3 is 10.0 Å². The molecule has 2 rings (SSSR count). The first-order valence-electron chi connectivity index (χ1n) is 5.93. The molecule has 3 nitrogen and oxygen atoms in total. The number of rotatable bonds is 4. The summed E-state index contributed by atoms with van der Waals surface area (Å²) < 4.78 is 0. The second-order valence-corrected chi connectivity index (χ2v) is 4.97. The van der Waals surface area contributed by atoms with Gasteiger partial charge in [-0.25, -0.2) is 0 Å². The van der Waals surface area contributed by atoms with Crippen molar-refractivity contribution in [2.75, 3.05) is 18.5 Å². The minimum Gasteiger partial charge on any atom is -0.387 e. The molecule has 0 spiro atoms. The molecule has 0 radical (unpaired) electrons. The van der Waals surface area contributed by atoms with Crippen LogP contribution in [0.1, 0.15) is 32.1 Å². The molecular formula is C13H20N2O. The monoisotopic (exact) mass is 220 g/mol. The number of aromatic nitrogens is 1. The molecule has 1 aliphatic carbocycles. The average Bonchev–Trinajstić information content (AvgIpc) is 2.94. The summed E-state index contributed by atoms with van der Waals surface area (Å²) in [5.41, 5.74) is 1.86. The number of nitrogens with zero attached hydrogens (tertiary/aromatic N) is 2. The largest absolute Gasteiger partial charge is 0.387 e. The lowest BCUT2D eigenvalue weighted by Gasteiger charge is -2.19. The van der Waals surface area contributed by atoms with Crippen molar-refractivity contribution in [3.8, 4) is 0 Å². The summed E-state index contributed by atoms with van der Waals surface area (Å²) in [6, 6.07) is 3.93. The minimum absolute atomic E-state index is 0.484. The van der Waals surface area contributed by atoms with Gasteiger partial charge in [0, 0.05) is 13.6 Å². The predicted octanol–water partition coefficient (Wildman–Crippen LogP) is 2.23. The number of pyridine rings is 1. The molecule has 1 fully saturated rings. The van der Waals surface area contributed by atoms with Crippen LogP contribution in [0.2, 0.25) is 0 Å². The second-order valence-electron chi connectivity index (χ2n) is 4.97. The van der Waals surface area contributed by atoms with Gasteiger partial charge in [-0.15, -0.1) is 0 Å². The van der Waals surface area contributed by atoms with Crippen LogP contribution in [0.15, 0.2) is 18.3 Å². The molecule has 0 amide bonds. The lowest BCUT2D eigenvalue weighted by atomic mass is 10.2. The van der Waals surface area contributed by atoms with Gasteiger partial charge in [-0.2, -0.15) is 0 Å². The third-order valence-electron chi connectivity index (χ3n) is 3.42. The lowest BCUT2D eigenvalue weighted by Crippen LogP contribution is -2.20. The molecule has 0 saturated heterocycles. The summed E-state index contributed by atoms with van der Waals surface area (Å²) in [6.07, 6.45) is 2.71. The van der Waals surface area contributed by atoms with Gasteiger partial charge in [0.15, 0.2) is 0 Å². The van der Waals surface area contributed by atoms with Gasteiger partial charge in [0.2, 0.25) is 0 Å². The van der Waals surface area contributed by atoms with Crippen molar-refractivity contribution in [1.82, 2.24) is 4.98 Å². The molecule has 1 N–H and O–H groups in total. The first-order chi connectivity index (χ1) is 7.58. The number of hydrogen-bond acceptors (Lipinski definition) is 3. The maximum atomic E-state index is 9.37. The Morgan fingerprint density at radius 3 is 2.69 bits per heavy atom. The van der Waals surface area contributed by atoms with E-state index in [0.717, 1.165) is 29.8 Å². The highest BCUT2D eigenvalue weighted by atomic mass is 16.3. The summed E-state index contributed by atoms with van der Waals surface area (Å²) in [6.45, 7) is 5.14.